The monoisotopic (exact) mass is 419 g/mol. The van der Waals surface area contributed by atoms with Gasteiger partial charge in [0.2, 0.25) is 0 Å². The lowest BCUT2D eigenvalue weighted by Gasteiger charge is -2.07. The van der Waals surface area contributed by atoms with E-state index in [1.165, 1.54) is 23.5 Å². The minimum atomic E-state index is -4.31. The van der Waals surface area contributed by atoms with Gasteiger partial charge in [-0.3, -0.25) is 4.98 Å². The smallest absolute Gasteiger partial charge is 0.408 e. The summed E-state index contributed by atoms with van der Waals surface area (Å²) in [5, 5.41) is 3.98. The molecule has 0 spiro atoms. The predicted octanol–water partition coefficient (Wildman–Crippen LogP) is 5.31. The summed E-state index contributed by atoms with van der Waals surface area (Å²) < 4.78 is 42.8. The van der Waals surface area contributed by atoms with Crippen LogP contribution >= 0.6 is 11.3 Å². The van der Waals surface area contributed by atoms with Crippen molar-refractivity contribution < 1.29 is 17.6 Å². The first-order valence-corrected chi connectivity index (χ1v) is 9.69. The van der Waals surface area contributed by atoms with E-state index in [4.69, 9.17) is 4.42 Å². The third-order valence-corrected chi connectivity index (χ3v) is 5.42. The highest BCUT2D eigenvalue weighted by molar-refractivity contribution is 7.18. The maximum absolute atomic E-state index is 12.6. The third-order valence-electron chi connectivity index (χ3n) is 4.41. The Bertz CT molecular complexity index is 1180. The quantitative estimate of drug-likeness (QED) is 0.416. The van der Waals surface area contributed by atoms with Crippen LogP contribution in [0.1, 0.15) is 17.5 Å². The second-order valence-corrected chi connectivity index (χ2v) is 7.51. The molecule has 29 heavy (non-hydrogen) atoms. The van der Waals surface area contributed by atoms with Gasteiger partial charge in [0.05, 0.1) is 16.0 Å². The summed E-state index contributed by atoms with van der Waals surface area (Å²) in [6.45, 7) is 0.652. The van der Waals surface area contributed by atoms with Gasteiger partial charge in [0.25, 0.3) is 0 Å². The van der Waals surface area contributed by atoms with Crippen molar-refractivity contribution in [3.05, 3.63) is 70.3 Å². The molecule has 5 nitrogen and oxygen atoms in total. The molecule has 2 aromatic carbocycles. The number of rotatable bonds is 6. The Morgan fingerprint density at radius 2 is 1.93 bits per heavy atom. The van der Waals surface area contributed by atoms with Crippen LogP contribution < -0.4 is 11.1 Å². The molecule has 0 radical (unpaired) electrons. The second-order valence-electron chi connectivity index (χ2n) is 6.48. The van der Waals surface area contributed by atoms with E-state index in [-0.39, 0.29) is 0 Å². The van der Waals surface area contributed by atoms with E-state index in [0.717, 1.165) is 39.7 Å². The lowest BCUT2D eigenvalue weighted by atomic mass is 10.1. The first kappa shape index (κ1) is 19.3. The molecule has 0 aliphatic rings. The number of halogens is 3. The average molecular weight is 419 g/mol. The fourth-order valence-electron chi connectivity index (χ4n) is 2.94. The number of benzene rings is 2. The molecule has 2 N–H and O–H groups in total. The van der Waals surface area contributed by atoms with Crippen molar-refractivity contribution in [2.75, 3.05) is 11.9 Å². The summed E-state index contributed by atoms with van der Waals surface area (Å²) >= 11 is 1.48. The highest BCUT2D eigenvalue weighted by atomic mass is 32.1. The third kappa shape index (κ3) is 4.51. The summed E-state index contributed by atoms with van der Waals surface area (Å²) in [5.74, 6) is -0.489. The number of hydrogen-bond acceptors (Lipinski definition) is 5. The number of hydrogen-bond donors (Lipinski definition) is 2. The molecule has 2 aromatic heterocycles. The van der Waals surface area contributed by atoms with Crippen LogP contribution in [-0.4, -0.2) is 16.5 Å². The minimum Gasteiger partial charge on any atom is -0.408 e. The number of anilines is 1. The lowest BCUT2D eigenvalue weighted by Crippen LogP contribution is -2.05. The minimum absolute atomic E-state index is 0.489. The number of fused-ring (bicyclic) bond motifs is 1. The molecule has 9 heteroatoms. The zero-order chi connectivity index (χ0) is 20.4. The van der Waals surface area contributed by atoms with Crippen LogP contribution in [0.15, 0.2) is 57.9 Å². The number of nitrogens with one attached hydrogen (secondary N) is 2. The summed E-state index contributed by atoms with van der Waals surface area (Å²) in [7, 11) is 0. The van der Waals surface area contributed by atoms with E-state index >= 15 is 0 Å². The van der Waals surface area contributed by atoms with Crippen molar-refractivity contribution in [3.8, 4) is 10.4 Å². The van der Waals surface area contributed by atoms with Gasteiger partial charge in [-0.05, 0) is 48.2 Å². The predicted molar refractivity (Wildman–Crippen MR) is 106 cm³/mol. The fourth-order valence-corrected chi connectivity index (χ4v) is 3.77. The largest absolute Gasteiger partial charge is 0.417 e. The highest BCUT2D eigenvalue weighted by Gasteiger charge is 2.29. The topological polar surface area (TPSA) is 70.9 Å². The van der Waals surface area contributed by atoms with Gasteiger partial charge in [-0.25, -0.2) is 9.78 Å². The van der Waals surface area contributed by atoms with Gasteiger partial charge >= 0.3 is 11.9 Å². The van der Waals surface area contributed by atoms with Crippen LogP contribution in [-0.2, 0) is 12.6 Å². The van der Waals surface area contributed by atoms with Gasteiger partial charge in [-0.2, -0.15) is 13.2 Å². The van der Waals surface area contributed by atoms with Crippen LogP contribution in [0, 0.1) is 0 Å². The Kier molecular flexibility index (Phi) is 5.14. The zero-order valence-corrected chi connectivity index (χ0v) is 15.9. The molecule has 150 valence electrons. The first-order valence-electron chi connectivity index (χ1n) is 8.87. The van der Waals surface area contributed by atoms with E-state index in [1.807, 2.05) is 6.07 Å². The van der Waals surface area contributed by atoms with Crippen LogP contribution in [0.4, 0.5) is 18.3 Å². The number of aromatic amines is 1. The summed E-state index contributed by atoms with van der Waals surface area (Å²) in [5.41, 5.74) is 2.26. The fraction of sp³-hybridized carbons (Fsp3) is 0.200. The molecule has 4 rings (SSSR count). The number of aryl methyl sites for hydroxylation is 1. The van der Waals surface area contributed by atoms with Crippen molar-refractivity contribution >= 4 is 27.6 Å². The Balaban J connectivity index is 1.32. The molecule has 0 unspecified atom stereocenters. The molecule has 0 fully saturated rings. The van der Waals surface area contributed by atoms with Gasteiger partial charge in [0.15, 0.2) is 10.7 Å². The molecule has 0 saturated carbocycles. The van der Waals surface area contributed by atoms with Gasteiger partial charge < -0.3 is 9.73 Å². The number of alkyl halides is 3. The van der Waals surface area contributed by atoms with Crippen LogP contribution in [0.25, 0.3) is 21.5 Å². The van der Waals surface area contributed by atoms with Crippen molar-refractivity contribution in [1.29, 1.82) is 0 Å². The summed E-state index contributed by atoms with van der Waals surface area (Å²) in [6, 6.07) is 10.7. The molecular weight excluding hydrogens is 403 g/mol. The average Bonchev–Trinajstić information content (AvgIpc) is 3.30. The molecule has 0 amide bonds. The van der Waals surface area contributed by atoms with Gasteiger partial charge in [-0.1, -0.05) is 29.5 Å². The number of nitrogens with zero attached hydrogens (tertiary/aromatic N) is 1. The van der Waals surface area contributed by atoms with Gasteiger partial charge in [0, 0.05) is 12.7 Å². The maximum atomic E-state index is 12.6. The normalized spacial score (nSPS) is 11.8. The molecule has 0 atom stereocenters. The number of H-pyrrole nitrogens is 1. The SMILES string of the molecule is O=c1[nH]c2ccc(-c3cnc(NCCCc4ccc(C(F)(F)F)cc4)s3)cc2o1. The first-order chi connectivity index (χ1) is 13.9. The van der Waals surface area contributed by atoms with Crippen molar-refractivity contribution in [2.24, 2.45) is 0 Å². The highest BCUT2D eigenvalue weighted by Crippen LogP contribution is 2.31. The zero-order valence-electron chi connectivity index (χ0n) is 15.0. The standard InChI is InChI=1S/C20H16F3N3O2S/c21-20(22,23)14-6-3-12(4-7-14)2-1-9-24-18-25-11-17(29-18)13-5-8-15-16(10-13)28-19(27)26-15/h3-8,10-11H,1-2,9H2,(H,24,25)(H,26,27). The van der Waals surface area contributed by atoms with Crippen LogP contribution in [0.2, 0.25) is 0 Å². The molecule has 4 aromatic rings. The van der Waals surface area contributed by atoms with Gasteiger partial charge in [0.1, 0.15) is 0 Å². The Morgan fingerprint density at radius 1 is 1.14 bits per heavy atom. The summed E-state index contributed by atoms with van der Waals surface area (Å²) in [6.07, 6.45) is -1.12. The molecule has 0 saturated heterocycles. The van der Waals surface area contributed by atoms with E-state index < -0.39 is 17.5 Å². The van der Waals surface area contributed by atoms with E-state index in [0.29, 0.717) is 24.1 Å². The Morgan fingerprint density at radius 3 is 2.69 bits per heavy atom. The molecule has 0 aliphatic heterocycles. The number of thiazole rings is 1. The molecule has 0 aliphatic carbocycles. The number of aromatic nitrogens is 2. The Hall–Kier alpha value is -3.07. The second kappa shape index (κ2) is 7.75. The van der Waals surface area contributed by atoms with Crippen molar-refractivity contribution in [1.82, 2.24) is 9.97 Å². The Labute approximate surface area is 167 Å². The van der Waals surface area contributed by atoms with Crippen LogP contribution in [0.3, 0.4) is 0 Å². The molecular formula is C20H16F3N3O2S. The van der Waals surface area contributed by atoms with E-state index in [9.17, 15) is 18.0 Å². The van der Waals surface area contributed by atoms with Crippen molar-refractivity contribution in [2.45, 2.75) is 19.0 Å². The molecule has 2 heterocycles. The van der Waals surface area contributed by atoms with Crippen LogP contribution in [0.5, 0.6) is 0 Å². The maximum Gasteiger partial charge on any atom is 0.417 e. The van der Waals surface area contributed by atoms with Gasteiger partial charge in [-0.15, -0.1) is 0 Å². The summed E-state index contributed by atoms with van der Waals surface area (Å²) in [4.78, 5) is 19.1. The van der Waals surface area contributed by atoms with E-state index in [2.05, 4.69) is 15.3 Å². The lowest BCUT2D eigenvalue weighted by molar-refractivity contribution is -0.137. The van der Waals surface area contributed by atoms with E-state index in [1.54, 1.807) is 18.3 Å². The number of oxazole rings is 1. The molecule has 0 bridgehead atoms. The van der Waals surface area contributed by atoms with Crippen molar-refractivity contribution in [3.63, 3.8) is 0 Å².